The number of unbranched alkanes of at least 4 members (excludes halogenated alkanes) is 1. The molecule has 0 aliphatic carbocycles. The molecule has 0 bridgehead atoms. The summed E-state index contributed by atoms with van der Waals surface area (Å²) in [5.74, 6) is 2.62. The van der Waals surface area contributed by atoms with Gasteiger partial charge < -0.3 is 25.4 Å². The van der Waals surface area contributed by atoms with Gasteiger partial charge in [-0.2, -0.15) is 0 Å². The maximum atomic E-state index is 10.8. The zero-order valence-corrected chi connectivity index (χ0v) is 12.5. The Morgan fingerprint density at radius 2 is 2.06 bits per heavy atom. The van der Waals surface area contributed by atoms with Crippen LogP contribution in [0.25, 0.3) is 0 Å². The summed E-state index contributed by atoms with van der Waals surface area (Å²) in [4.78, 5) is 10.8. The third kappa shape index (κ3) is 17.8. The number of aliphatic hydroxyl groups is 3. The summed E-state index contributed by atoms with van der Waals surface area (Å²) in [7, 11) is 0. The molecule has 0 radical (unpaired) electrons. The largest absolute Gasteiger partial charge is 0.421 e. The van der Waals surface area contributed by atoms with Crippen LogP contribution in [0.3, 0.4) is 0 Å². The number of alkyl carbamates (subject to hydrolysis) is 1. The lowest BCUT2D eigenvalue weighted by Gasteiger charge is -1.98. The fraction of sp³-hybridized carbons (Fsp3) is 0.727. The van der Waals surface area contributed by atoms with E-state index in [2.05, 4.69) is 51.6 Å². The van der Waals surface area contributed by atoms with Crippen molar-refractivity contribution in [2.75, 3.05) is 24.2 Å². The fourth-order valence-electron chi connectivity index (χ4n) is 0.571. The first-order chi connectivity index (χ1) is 8.62. The topological polar surface area (TPSA) is 99.0 Å². The minimum atomic E-state index is -0.954. The van der Waals surface area contributed by atoms with Gasteiger partial charge in [0.05, 0.1) is 17.6 Å². The van der Waals surface area contributed by atoms with E-state index < -0.39 is 12.2 Å². The molecule has 0 rings (SSSR count). The molecule has 0 unspecified atom stereocenters. The third-order valence-corrected chi connectivity index (χ3v) is 1.89. The Labute approximate surface area is 121 Å². The molecule has 7 heteroatoms. The highest BCUT2D eigenvalue weighted by Crippen LogP contribution is 1.83. The lowest BCUT2D eigenvalue weighted by atomic mass is 10.3. The van der Waals surface area contributed by atoms with Crippen LogP contribution in [-0.4, -0.2) is 51.7 Å². The van der Waals surface area contributed by atoms with E-state index in [9.17, 15) is 4.79 Å². The Balaban J connectivity index is 0. The van der Waals surface area contributed by atoms with Crippen molar-refractivity contribution in [2.24, 2.45) is 0 Å². The Morgan fingerprint density at radius 3 is 2.44 bits per heavy atom. The van der Waals surface area contributed by atoms with E-state index in [0.717, 1.165) is 12.8 Å². The molecule has 1 amide bonds. The van der Waals surface area contributed by atoms with Crippen LogP contribution in [-0.2, 0) is 4.74 Å². The zero-order valence-electron chi connectivity index (χ0n) is 10.4. The molecule has 106 valence electrons. The number of rotatable bonds is 5. The summed E-state index contributed by atoms with van der Waals surface area (Å²) < 4.78 is 5.18. The van der Waals surface area contributed by atoms with Gasteiger partial charge in [0, 0.05) is 6.54 Å². The van der Waals surface area contributed by atoms with E-state index in [1.54, 1.807) is 0 Å². The van der Waals surface area contributed by atoms with E-state index >= 15 is 0 Å². The normalized spacial score (nSPS) is 8.78. The number of nitrogens with one attached hydrogen (secondary N) is 1. The van der Waals surface area contributed by atoms with E-state index in [0.29, 0.717) is 11.0 Å². The minimum absolute atomic E-state index is 0.365. The number of alkyl halides is 1. The van der Waals surface area contributed by atoms with Crippen molar-refractivity contribution in [2.45, 2.75) is 25.9 Å². The van der Waals surface area contributed by atoms with Crippen molar-refractivity contribution in [1.82, 2.24) is 5.32 Å². The Morgan fingerprint density at radius 1 is 1.44 bits per heavy atom. The van der Waals surface area contributed by atoms with Gasteiger partial charge in [-0.25, -0.2) is 4.79 Å². The van der Waals surface area contributed by atoms with Crippen molar-refractivity contribution in [1.29, 1.82) is 0 Å². The number of ether oxygens (including phenoxy) is 1. The molecule has 0 saturated carbocycles. The number of carbonyl (C=O) groups is 1. The monoisotopic (exact) mass is 373 g/mol. The summed E-state index contributed by atoms with van der Waals surface area (Å²) in [6, 6.07) is 0. The summed E-state index contributed by atoms with van der Waals surface area (Å²) in [6.07, 6.45) is 2.90. The maximum absolute atomic E-state index is 10.8. The molecule has 0 spiro atoms. The summed E-state index contributed by atoms with van der Waals surface area (Å²) in [6.45, 7) is 1.98. The predicted octanol–water partition coefficient (Wildman–Crippen LogP) is 0.241. The van der Waals surface area contributed by atoms with Crippen molar-refractivity contribution < 1.29 is 24.9 Å². The standard InChI is InChI=1S/C8H12INO2.C3H8O3/c1-2-3-6-10-8(11)12-7-4-5-9;4-1-3(6)2-5/h2-3,5-6H2,1H3,(H,10,11);3-6H,1-2H2. The van der Waals surface area contributed by atoms with E-state index in [-0.39, 0.29) is 13.2 Å². The summed E-state index contributed by atoms with van der Waals surface area (Å²) >= 11 is 2.08. The van der Waals surface area contributed by atoms with Crippen LogP contribution in [0.4, 0.5) is 4.79 Å². The minimum Gasteiger partial charge on any atom is -0.394 e. The molecule has 0 fully saturated rings. The second-order valence-corrected chi connectivity index (χ2v) is 3.86. The molecule has 0 aromatic heterocycles. The second kappa shape index (κ2) is 16.4. The van der Waals surface area contributed by atoms with Gasteiger partial charge in [-0.05, 0) is 12.3 Å². The van der Waals surface area contributed by atoms with Crippen LogP contribution in [0, 0.1) is 12.0 Å². The van der Waals surface area contributed by atoms with E-state index in [4.69, 9.17) is 15.3 Å². The molecular weight excluding hydrogens is 353 g/mol. The number of hydrogen-bond acceptors (Lipinski definition) is 5. The molecule has 0 atom stereocenters. The number of amides is 1. The number of hydrogen-bond donors (Lipinski definition) is 4. The van der Waals surface area contributed by atoms with Crippen LogP contribution in [0.1, 0.15) is 19.8 Å². The smallest absolute Gasteiger partial charge is 0.394 e. The molecule has 0 aliphatic rings. The third-order valence-electron chi connectivity index (χ3n) is 1.50. The Bertz CT molecular complexity index is 248. The number of carbonyl (C=O) groups excluding carboxylic acids is 1. The Hall–Kier alpha value is -0.560. The highest BCUT2D eigenvalue weighted by Gasteiger charge is 1.96. The molecule has 6 nitrogen and oxygen atoms in total. The molecule has 0 aromatic carbocycles. The first-order valence-electron chi connectivity index (χ1n) is 5.50. The molecule has 18 heavy (non-hydrogen) atoms. The lowest BCUT2D eigenvalue weighted by molar-refractivity contribution is 0.0450. The second-order valence-electron chi connectivity index (χ2n) is 3.10. The van der Waals surface area contributed by atoms with Gasteiger partial charge in [0.15, 0.2) is 0 Å². The summed E-state index contributed by atoms with van der Waals surface area (Å²) in [5, 5.41) is 26.6. The van der Waals surface area contributed by atoms with Crippen LogP contribution in [0.5, 0.6) is 0 Å². The van der Waals surface area contributed by atoms with Gasteiger partial charge in [0.2, 0.25) is 0 Å². The van der Waals surface area contributed by atoms with Crippen molar-refractivity contribution in [3.8, 4) is 12.0 Å². The number of halogens is 1. The average molecular weight is 373 g/mol. The SMILES string of the molecule is CCCCNC(=O)OC#CCI.OCC(O)CO. The van der Waals surface area contributed by atoms with Gasteiger partial charge in [-0.1, -0.05) is 35.9 Å². The van der Waals surface area contributed by atoms with Gasteiger partial charge in [-0.15, -0.1) is 0 Å². The van der Waals surface area contributed by atoms with Crippen LogP contribution in [0.2, 0.25) is 0 Å². The molecule has 0 saturated heterocycles. The fourth-order valence-corrected chi connectivity index (χ4v) is 0.726. The van der Waals surface area contributed by atoms with Gasteiger partial charge >= 0.3 is 6.09 Å². The molecule has 0 aliphatic heterocycles. The summed E-state index contributed by atoms with van der Waals surface area (Å²) in [5.41, 5.74) is 0. The van der Waals surface area contributed by atoms with Crippen molar-refractivity contribution in [3.05, 3.63) is 0 Å². The van der Waals surface area contributed by atoms with E-state index in [1.165, 1.54) is 0 Å². The molecule has 0 aromatic rings. The van der Waals surface area contributed by atoms with Crippen molar-refractivity contribution >= 4 is 28.7 Å². The first-order valence-corrected chi connectivity index (χ1v) is 7.03. The van der Waals surface area contributed by atoms with Crippen molar-refractivity contribution in [3.63, 3.8) is 0 Å². The maximum Gasteiger partial charge on any atom is 0.421 e. The van der Waals surface area contributed by atoms with Gasteiger partial charge in [0.1, 0.15) is 12.2 Å². The predicted molar refractivity (Wildman–Crippen MR) is 76.2 cm³/mol. The van der Waals surface area contributed by atoms with E-state index in [1.807, 2.05) is 0 Å². The quantitative estimate of drug-likeness (QED) is 0.240. The Kier molecular flexibility index (Phi) is 18.1. The highest BCUT2D eigenvalue weighted by molar-refractivity contribution is 14.1. The lowest BCUT2D eigenvalue weighted by Crippen LogP contribution is -2.23. The molecule has 0 heterocycles. The first kappa shape index (κ1) is 19.8. The van der Waals surface area contributed by atoms with Crippen LogP contribution < -0.4 is 5.32 Å². The van der Waals surface area contributed by atoms with Crippen LogP contribution >= 0.6 is 22.6 Å². The zero-order chi connectivity index (χ0) is 14.2. The van der Waals surface area contributed by atoms with Gasteiger partial charge in [-0.3, -0.25) is 0 Å². The average Bonchev–Trinajstić information content (AvgIpc) is 2.39. The van der Waals surface area contributed by atoms with Crippen LogP contribution in [0.15, 0.2) is 0 Å². The van der Waals surface area contributed by atoms with Gasteiger partial charge in [0.25, 0.3) is 0 Å². The molecular formula is C11H20INO5. The number of aliphatic hydroxyl groups excluding tert-OH is 3. The highest BCUT2D eigenvalue weighted by atomic mass is 127. The molecule has 4 N–H and O–H groups in total.